The Morgan fingerprint density at radius 3 is 2.86 bits per heavy atom. The lowest BCUT2D eigenvalue weighted by atomic mass is 10.1. The summed E-state index contributed by atoms with van der Waals surface area (Å²) in [5.41, 5.74) is 2.11. The summed E-state index contributed by atoms with van der Waals surface area (Å²) in [5.74, 6) is 1.49. The number of halogens is 2. The predicted octanol–water partition coefficient (Wildman–Crippen LogP) is 3.71. The second kappa shape index (κ2) is 11.0. The largest absolute Gasteiger partial charge is 0.361 e. The highest BCUT2D eigenvalue weighted by molar-refractivity contribution is 14.0. The number of nitrogens with zero attached hydrogens (tertiary/aromatic N) is 3. The van der Waals surface area contributed by atoms with E-state index < -0.39 is 0 Å². The highest BCUT2D eigenvalue weighted by atomic mass is 127. The highest BCUT2D eigenvalue weighted by Crippen LogP contribution is 2.20. The molecule has 1 aromatic heterocycles. The summed E-state index contributed by atoms with van der Waals surface area (Å²) in [6, 6.07) is 4.89. The Kier molecular flexibility index (Phi) is 9.01. The fraction of sp³-hybridized carbons (Fsp3) is 0.571. The third-order valence-corrected chi connectivity index (χ3v) is 5.61. The summed E-state index contributed by atoms with van der Waals surface area (Å²) in [6.45, 7) is 10.8. The van der Waals surface area contributed by atoms with Gasteiger partial charge in [0, 0.05) is 50.3 Å². The molecule has 1 unspecified atom stereocenters. The van der Waals surface area contributed by atoms with Crippen molar-refractivity contribution in [1.29, 1.82) is 0 Å². The van der Waals surface area contributed by atoms with Gasteiger partial charge in [-0.25, -0.2) is 4.39 Å². The Labute approximate surface area is 184 Å². The normalized spacial score (nSPS) is 17.4. The number of rotatable bonds is 7. The molecule has 1 aliphatic heterocycles. The van der Waals surface area contributed by atoms with Gasteiger partial charge in [-0.05, 0) is 55.6 Å². The summed E-state index contributed by atoms with van der Waals surface area (Å²) >= 11 is 0. The minimum atomic E-state index is -0.191. The zero-order valence-corrected chi connectivity index (χ0v) is 19.5. The number of nitrogens with one attached hydrogen (secondary N) is 2. The van der Waals surface area contributed by atoms with E-state index in [0.717, 1.165) is 61.6 Å². The average Bonchev–Trinajstić information content (AvgIpc) is 3.30. The molecule has 5 nitrogen and oxygen atoms in total. The molecular weight excluding hydrogens is 468 g/mol. The van der Waals surface area contributed by atoms with Gasteiger partial charge in [-0.3, -0.25) is 4.99 Å². The molecule has 0 aliphatic carbocycles. The van der Waals surface area contributed by atoms with Crippen molar-refractivity contribution >= 4 is 40.8 Å². The molecule has 0 radical (unpaired) electrons. The topological polar surface area (TPSA) is 46.7 Å². The molecule has 156 valence electrons. The van der Waals surface area contributed by atoms with Crippen LogP contribution in [0.1, 0.15) is 25.8 Å². The van der Waals surface area contributed by atoms with Gasteiger partial charge >= 0.3 is 0 Å². The zero-order chi connectivity index (χ0) is 19.2. The maximum Gasteiger partial charge on any atom is 0.193 e. The van der Waals surface area contributed by atoms with Crippen molar-refractivity contribution in [3.05, 3.63) is 35.8 Å². The van der Waals surface area contributed by atoms with Gasteiger partial charge in [0.2, 0.25) is 0 Å². The molecule has 1 saturated heterocycles. The van der Waals surface area contributed by atoms with Crippen molar-refractivity contribution in [2.75, 3.05) is 46.3 Å². The van der Waals surface area contributed by atoms with E-state index in [9.17, 15) is 4.39 Å². The minimum Gasteiger partial charge on any atom is -0.361 e. The zero-order valence-electron chi connectivity index (χ0n) is 17.2. The number of hydrogen-bond acceptors (Lipinski definition) is 2. The average molecular weight is 501 g/mol. The molecule has 2 heterocycles. The number of aliphatic imine (C=N–C) groups is 1. The van der Waals surface area contributed by atoms with Crippen LogP contribution in [0.15, 0.2) is 29.4 Å². The van der Waals surface area contributed by atoms with E-state index in [4.69, 9.17) is 0 Å². The lowest BCUT2D eigenvalue weighted by molar-refractivity contribution is 0.255. The summed E-state index contributed by atoms with van der Waals surface area (Å²) in [7, 11) is 1.85. The first-order chi connectivity index (χ1) is 13.1. The molecule has 1 atom stereocenters. The van der Waals surface area contributed by atoms with E-state index in [-0.39, 0.29) is 29.8 Å². The molecule has 1 aromatic carbocycles. The molecule has 0 bridgehead atoms. The van der Waals surface area contributed by atoms with Crippen LogP contribution in [-0.4, -0.2) is 67.1 Å². The van der Waals surface area contributed by atoms with Gasteiger partial charge in [-0.1, -0.05) is 13.8 Å². The second-order valence-corrected chi connectivity index (χ2v) is 7.31. The molecule has 1 fully saturated rings. The van der Waals surface area contributed by atoms with Crippen LogP contribution in [0.4, 0.5) is 4.39 Å². The van der Waals surface area contributed by atoms with Crippen molar-refractivity contribution in [2.24, 2.45) is 10.9 Å². The molecule has 1 aliphatic rings. The number of aromatic amines is 1. The molecule has 2 N–H and O–H groups in total. The van der Waals surface area contributed by atoms with E-state index in [1.807, 2.05) is 13.2 Å². The Morgan fingerprint density at radius 1 is 1.36 bits per heavy atom. The van der Waals surface area contributed by atoms with Crippen LogP contribution in [0, 0.1) is 11.7 Å². The lowest BCUT2D eigenvalue weighted by Gasteiger charge is -2.24. The SMILES string of the molecule is CCN(CC)CC1CCN(C(=NC)NCCc2c[nH]c3ccc(F)cc23)C1.I. The van der Waals surface area contributed by atoms with Gasteiger partial charge < -0.3 is 20.1 Å². The van der Waals surface area contributed by atoms with E-state index in [1.54, 1.807) is 12.1 Å². The van der Waals surface area contributed by atoms with E-state index in [1.165, 1.54) is 19.0 Å². The number of hydrogen-bond donors (Lipinski definition) is 2. The maximum absolute atomic E-state index is 13.5. The third kappa shape index (κ3) is 5.59. The Morgan fingerprint density at radius 2 is 2.14 bits per heavy atom. The molecule has 28 heavy (non-hydrogen) atoms. The van der Waals surface area contributed by atoms with Crippen molar-refractivity contribution < 1.29 is 4.39 Å². The number of H-pyrrole nitrogens is 1. The van der Waals surface area contributed by atoms with E-state index >= 15 is 0 Å². The minimum absolute atomic E-state index is 0. The van der Waals surface area contributed by atoms with Gasteiger partial charge in [0.05, 0.1) is 0 Å². The van der Waals surface area contributed by atoms with Crippen LogP contribution in [-0.2, 0) is 6.42 Å². The van der Waals surface area contributed by atoms with Gasteiger partial charge in [-0.15, -0.1) is 24.0 Å². The Bertz CT molecular complexity index is 771. The van der Waals surface area contributed by atoms with Crippen LogP contribution in [0.3, 0.4) is 0 Å². The smallest absolute Gasteiger partial charge is 0.193 e. The molecular formula is C21H33FIN5. The van der Waals surface area contributed by atoms with Crippen molar-refractivity contribution in [3.8, 4) is 0 Å². The standard InChI is InChI=1S/C21H32FN5.HI/c1-4-26(5-2)14-16-9-11-27(15-16)21(23-3)24-10-8-17-13-25-20-7-6-18(22)12-19(17)20;/h6-7,12-13,16,25H,4-5,8-11,14-15H2,1-3H3,(H,23,24);1H. The molecule has 0 saturated carbocycles. The number of guanidine groups is 1. The monoisotopic (exact) mass is 501 g/mol. The number of benzene rings is 1. The van der Waals surface area contributed by atoms with Crippen LogP contribution in [0.25, 0.3) is 10.9 Å². The van der Waals surface area contributed by atoms with Gasteiger partial charge in [0.1, 0.15) is 5.82 Å². The fourth-order valence-corrected chi connectivity index (χ4v) is 4.02. The maximum atomic E-state index is 13.5. The molecule has 0 spiro atoms. The molecule has 2 aromatic rings. The van der Waals surface area contributed by atoms with E-state index in [2.05, 4.69) is 38.9 Å². The van der Waals surface area contributed by atoms with Crippen molar-refractivity contribution in [3.63, 3.8) is 0 Å². The fourth-order valence-electron chi connectivity index (χ4n) is 4.02. The summed E-state index contributed by atoms with van der Waals surface area (Å²) in [6.07, 6.45) is 4.03. The summed E-state index contributed by atoms with van der Waals surface area (Å²) in [5, 5.41) is 4.45. The lowest BCUT2D eigenvalue weighted by Crippen LogP contribution is -2.41. The summed E-state index contributed by atoms with van der Waals surface area (Å²) < 4.78 is 13.5. The molecule has 0 amide bonds. The van der Waals surface area contributed by atoms with Crippen LogP contribution < -0.4 is 5.32 Å². The van der Waals surface area contributed by atoms with Crippen molar-refractivity contribution in [2.45, 2.75) is 26.7 Å². The Balaban J connectivity index is 0.00000280. The highest BCUT2D eigenvalue weighted by Gasteiger charge is 2.25. The third-order valence-electron chi connectivity index (χ3n) is 5.61. The predicted molar refractivity (Wildman–Crippen MR) is 126 cm³/mol. The quantitative estimate of drug-likeness (QED) is 0.346. The summed E-state index contributed by atoms with van der Waals surface area (Å²) in [4.78, 5) is 12.6. The van der Waals surface area contributed by atoms with Gasteiger partial charge in [-0.2, -0.15) is 0 Å². The molecule has 7 heteroatoms. The van der Waals surface area contributed by atoms with Gasteiger partial charge in [0.25, 0.3) is 0 Å². The number of likely N-dealkylation sites (tertiary alicyclic amines) is 1. The van der Waals surface area contributed by atoms with Crippen LogP contribution in [0.5, 0.6) is 0 Å². The Hall–Kier alpha value is -1.35. The number of fused-ring (bicyclic) bond motifs is 1. The van der Waals surface area contributed by atoms with E-state index in [0.29, 0.717) is 5.92 Å². The number of aromatic nitrogens is 1. The van der Waals surface area contributed by atoms with Crippen LogP contribution in [0.2, 0.25) is 0 Å². The first-order valence-corrected chi connectivity index (χ1v) is 10.1. The van der Waals surface area contributed by atoms with Crippen LogP contribution >= 0.6 is 24.0 Å². The molecule has 3 rings (SSSR count). The first-order valence-electron chi connectivity index (χ1n) is 10.1. The first kappa shape index (κ1) is 22.9. The van der Waals surface area contributed by atoms with Crippen molar-refractivity contribution in [1.82, 2.24) is 20.1 Å². The second-order valence-electron chi connectivity index (χ2n) is 7.31. The van der Waals surface area contributed by atoms with Gasteiger partial charge in [0.15, 0.2) is 5.96 Å².